The second-order valence-corrected chi connectivity index (χ2v) is 5.99. The highest BCUT2D eigenvalue weighted by Crippen LogP contribution is 2.12. The maximum absolute atomic E-state index is 12.1. The molecule has 1 atom stereocenters. The Morgan fingerprint density at radius 2 is 1.92 bits per heavy atom. The predicted molar refractivity (Wildman–Crippen MR) is 90.5 cm³/mol. The fourth-order valence-electron chi connectivity index (χ4n) is 2.67. The van der Waals surface area contributed by atoms with Crippen LogP contribution in [0.1, 0.15) is 5.56 Å². The quantitative estimate of drug-likeness (QED) is 0.649. The van der Waals surface area contributed by atoms with Crippen LogP contribution in [0.4, 0.5) is 5.82 Å². The van der Waals surface area contributed by atoms with Crippen LogP contribution in [0.3, 0.4) is 0 Å². The molecule has 0 aliphatic carbocycles. The summed E-state index contributed by atoms with van der Waals surface area (Å²) in [7, 11) is 0. The minimum Gasteiger partial charge on any atom is -0.383 e. The van der Waals surface area contributed by atoms with Gasteiger partial charge in [-0.1, -0.05) is 12.1 Å². The van der Waals surface area contributed by atoms with Crippen LogP contribution in [0, 0.1) is 0 Å². The Morgan fingerprint density at radius 3 is 2.50 bits per heavy atom. The molecule has 24 heavy (non-hydrogen) atoms. The zero-order valence-corrected chi connectivity index (χ0v) is 13.1. The van der Waals surface area contributed by atoms with Crippen molar-refractivity contribution in [3.05, 3.63) is 52.6 Å². The summed E-state index contributed by atoms with van der Waals surface area (Å²) in [5, 5.41) is 0. The van der Waals surface area contributed by atoms with Crippen LogP contribution in [0.25, 0.3) is 5.69 Å². The van der Waals surface area contributed by atoms with E-state index in [-0.39, 0.29) is 17.8 Å². The summed E-state index contributed by atoms with van der Waals surface area (Å²) in [6, 6.07) is 8.27. The van der Waals surface area contributed by atoms with E-state index < -0.39 is 11.7 Å². The largest absolute Gasteiger partial charge is 0.383 e. The van der Waals surface area contributed by atoms with Gasteiger partial charge in [-0.25, -0.2) is 4.79 Å². The van der Waals surface area contributed by atoms with Crippen molar-refractivity contribution >= 4 is 11.7 Å². The Hall–Kier alpha value is -2.71. The molecule has 1 unspecified atom stereocenters. The Labute approximate surface area is 138 Å². The van der Waals surface area contributed by atoms with E-state index in [2.05, 4.69) is 4.98 Å². The second kappa shape index (κ2) is 6.42. The number of amides is 1. The van der Waals surface area contributed by atoms with E-state index in [0.717, 1.165) is 5.56 Å². The average molecular weight is 328 g/mol. The zero-order valence-electron chi connectivity index (χ0n) is 13.1. The lowest BCUT2D eigenvalue weighted by Crippen LogP contribution is -2.61. The van der Waals surface area contributed by atoms with Crippen LogP contribution in [-0.2, 0) is 11.2 Å². The molecular weight excluding hydrogens is 308 g/mol. The van der Waals surface area contributed by atoms with Gasteiger partial charge in [-0.2, -0.15) is 4.98 Å². The first-order valence-electron chi connectivity index (χ1n) is 7.68. The summed E-state index contributed by atoms with van der Waals surface area (Å²) in [5.41, 5.74) is 18.3. The fourth-order valence-corrected chi connectivity index (χ4v) is 2.67. The predicted octanol–water partition coefficient (Wildman–Crippen LogP) is -1.15. The molecule has 1 aromatic carbocycles. The smallest absolute Gasteiger partial charge is 0.354 e. The standard InChI is InChI=1S/C16H20N6O2/c17-11-8-21(9-11)15(23)13(18)7-10-1-3-12(4-2-10)22-6-5-14(19)20-16(22)24/h1-6,11,13H,7-9,17-18H2,(H2,19,20,24). The van der Waals surface area contributed by atoms with Crippen molar-refractivity contribution in [2.45, 2.75) is 18.5 Å². The fraction of sp³-hybridized carbons (Fsp3) is 0.312. The summed E-state index contributed by atoms with van der Waals surface area (Å²) in [5.74, 6) is 0.0998. The van der Waals surface area contributed by atoms with Crippen LogP contribution >= 0.6 is 0 Å². The molecule has 1 saturated heterocycles. The Bertz CT molecular complexity index is 795. The molecular formula is C16H20N6O2. The second-order valence-electron chi connectivity index (χ2n) is 5.99. The van der Waals surface area contributed by atoms with Gasteiger partial charge in [0.05, 0.1) is 11.7 Å². The van der Waals surface area contributed by atoms with E-state index in [9.17, 15) is 9.59 Å². The van der Waals surface area contributed by atoms with Crippen molar-refractivity contribution in [3.63, 3.8) is 0 Å². The summed E-state index contributed by atoms with van der Waals surface area (Å²) < 4.78 is 1.40. The van der Waals surface area contributed by atoms with E-state index in [1.54, 1.807) is 29.3 Å². The van der Waals surface area contributed by atoms with Crippen molar-refractivity contribution in [1.82, 2.24) is 14.5 Å². The van der Waals surface area contributed by atoms with E-state index in [4.69, 9.17) is 17.2 Å². The zero-order chi connectivity index (χ0) is 17.3. The molecule has 3 rings (SSSR count). The minimum absolute atomic E-state index is 0.0623. The molecule has 2 aromatic rings. The van der Waals surface area contributed by atoms with Crippen LogP contribution in [0.5, 0.6) is 0 Å². The van der Waals surface area contributed by atoms with E-state index in [0.29, 0.717) is 25.2 Å². The van der Waals surface area contributed by atoms with Crippen LogP contribution in [-0.4, -0.2) is 45.5 Å². The van der Waals surface area contributed by atoms with E-state index in [1.807, 2.05) is 12.1 Å². The lowest BCUT2D eigenvalue weighted by Gasteiger charge is -2.38. The first-order valence-corrected chi connectivity index (χ1v) is 7.68. The summed E-state index contributed by atoms with van der Waals surface area (Å²) in [6.45, 7) is 1.14. The van der Waals surface area contributed by atoms with Gasteiger partial charge in [-0.05, 0) is 30.2 Å². The van der Waals surface area contributed by atoms with E-state index in [1.165, 1.54) is 4.57 Å². The third-order valence-corrected chi connectivity index (χ3v) is 4.03. The number of hydrogen-bond donors (Lipinski definition) is 3. The number of aromatic nitrogens is 2. The van der Waals surface area contributed by atoms with Crippen LogP contribution < -0.4 is 22.9 Å². The number of nitrogens with zero attached hydrogens (tertiary/aromatic N) is 3. The number of nitrogens with two attached hydrogens (primary N) is 3. The monoisotopic (exact) mass is 328 g/mol. The molecule has 1 amide bonds. The lowest BCUT2D eigenvalue weighted by atomic mass is 10.0. The molecule has 0 radical (unpaired) electrons. The van der Waals surface area contributed by atoms with Gasteiger partial charge in [0.1, 0.15) is 5.82 Å². The van der Waals surface area contributed by atoms with Gasteiger partial charge in [-0.15, -0.1) is 0 Å². The highest BCUT2D eigenvalue weighted by Gasteiger charge is 2.30. The van der Waals surface area contributed by atoms with Gasteiger partial charge in [0, 0.05) is 25.3 Å². The SMILES string of the molecule is Nc1ccn(-c2ccc(CC(N)C(=O)N3CC(N)C3)cc2)c(=O)n1. The minimum atomic E-state index is -0.593. The number of carbonyl (C=O) groups is 1. The molecule has 1 aliphatic heterocycles. The summed E-state index contributed by atoms with van der Waals surface area (Å²) >= 11 is 0. The molecule has 0 saturated carbocycles. The van der Waals surface area contributed by atoms with Gasteiger partial charge in [0.2, 0.25) is 5.91 Å². The first-order chi connectivity index (χ1) is 11.4. The van der Waals surface area contributed by atoms with Crippen molar-refractivity contribution in [1.29, 1.82) is 0 Å². The van der Waals surface area contributed by atoms with Crippen molar-refractivity contribution in [2.75, 3.05) is 18.8 Å². The maximum Gasteiger partial charge on any atom is 0.354 e. The molecule has 2 heterocycles. The first kappa shape index (κ1) is 16.2. The highest BCUT2D eigenvalue weighted by atomic mass is 16.2. The van der Waals surface area contributed by atoms with E-state index >= 15 is 0 Å². The summed E-state index contributed by atoms with van der Waals surface area (Å²) in [6.07, 6.45) is 2.00. The number of nitrogen functional groups attached to an aromatic ring is 1. The molecule has 6 N–H and O–H groups in total. The van der Waals surface area contributed by atoms with Crippen molar-refractivity contribution in [2.24, 2.45) is 11.5 Å². The number of rotatable bonds is 4. The molecule has 126 valence electrons. The number of anilines is 1. The summed E-state index contributed by atoms with van der Waals surface area (Å²) in [4.78, 5) is 29.3. The van der Waals surface area contributed by atoms with Crippen LogP contribution in [0.2, 0.25) is 0 Å². The third kappa shape index (κ3) is 3.29. The molecule has 0 spiro atoms. The van der Waals surface area contributed by atoms with Crippen molar-refractivity contribution < 1.29 is 4.79 Å². The maximum atomic E-state index is 12.1. The molecule has 1 fully saturated rings. The van der Waals surface area contributed by atoms with Gasteiger partial charge in [-0.3, -0.25) is 9.36 Å². The number of carbonyl (C=O) groups excluding carboxylic acids is 1. The molecule has 0 bridgehead atoms. The Morgan fingerprint density at radius 1 is 1.25 bits per heavy atom. The number of hydrogen-bond acceptors (Lipinski definition) is 6. The molecule has 8 heteroatoms. The molecule has 1 aliphatic rings. The Kier molecular flexibility index (Phi) is 4.32. The molecule has 8 nitrogen and oxygen atoms in total. The molecule has 1 aromatic heterocycles. The average Bonchev–Trinajstić information content (AvgIpc) is 2.52. The van der Waals surface area contributed by atoms with Crippen molar-refractivity contribution in [3.8, 4) is 5.69 Å². The van der Waals surface area contributed by atoms with Gasteiger partial charge < -0.3 is 22.1 Å². The van der Waals surface area contributed by atoms with Gasteiger partial charge in [0.25, 0.3) is 0 Å². The highest BCUT2D eigenvalue weighted by molar-refractivity contribution is 5.82. The number of likely N-dealkylation sites (tertiary alicyclic amines) is 1. The Balaban J connectivity index is 1.68. The lowest BCUT2D eigenvalue weighted by molar-refractivity contribution is -0.136. The third-order valence-electron chi connectivity index (χ3n) is 4.03. The topological polar surface area (TPSA) is 133 Å². The van der Waals surface area contributed by atoms with Gasteiger partial charge >= 0.3 is 5.69 Å². The van der Waals surface area contributed by atoms with Gasteiger partial charge in [0.15, 0.2) is 0 Å². The number of benzene rings is 1. The van der Waals surface area contributed by atoms with Crippen LogP contribution in [0.15, 0.2) is 41.3 Å². The normalized spacial score (nSPS) is 15.8.